The van der Waals surface area contributed by atoms with E-state index < -0.39 is 11.4 Å². The van der Waals surface area contributed by atoms with Gasteiger partial charge in [0, 0.05) is 17.7 Å². The van der Waals surface area contributed by atoms with Gasteiger partial charge in [0.05, 0.1) is 5.39 Å². The van der Waals surface area contributed by atoms with Crippen LogP contribution < -0.4 is 16.6 Å². The Bertz CT molecular complexity index is 926. The van der Waals surface area contributed by atoms with Crippen LogP contribution in [0, 0.1) is 0 Å². The largest absolute Gasteiger partial charge is 0.368 e. The molecule has 8 heteroatoms. The topological polar surface area (TPSA) is 118 Å². The average molecular weight is 360 g/mol. The van der Waals surface area contributed by atoms with Crippen LogP contribution in [0.25, 0.3) is 10.2 Å². The van der Waals surface area contributed by atoms with Gasteiger partial charge in [-0.25, -0.2) is 4.98 Å². The van der Waals surface area contributed by atoms with Gasteiger partial charge in [-0.2, -0.15) is 0 Å². The minimum Gasteiger partial charge on any atom is -0.368 e. The summed E-state index contributed by atoms with van der Waals surface area (Å²) in [6.45, 7) is 0. The summed E-state index contributed by atoms with van der Waals surface area (Å²) in [6.07, 6.45) is 5.91. The van der Waals surface area contributed by atoms with Crippen molar-refractivity contribution < 1.29 is 9.59 Å². The lowest BCUT2D eigenvalue weighted by Crippen LogP contribution is -2.46. The average Bonchev–Trinajstić information content (AvgIpc) is 3.25. The molecular weight excluding hydrogens is 340 g/mol. The first-order chi connectivity index (χ1) is 12.0. The van der Waals surface area contributed by atoms with Crippen molar-refractivity contribution in [1.29, 1.82) is 0 Å². The lowest BCUT2D eigenvalue weighted by Gasteiger charge is -2.13. The zero-order chi connectivity index (χ0) is 17.6. The third-order valence-electron chi connectivity index (χ3n) is 5.06. The lowest BCUT2D eigenvalue weighted by molar-refractivity contribution is -0.128. The number of thiophene rings is 1. The van der Waals surface area contributed by atoms with Gasteiger partial charge in [-0.15, -0.1) is 11.3 Å². The fourth-order valence-corrected chi connectivity index (χ4v) is 4.73. The molecule has 0 aliphatic heterocycles. The number of hydrogen-bond donors (Lipinski definition) is 3. The first-order valence-corrected chi connectivity index (χ1v) is 9.44. The Morgan fingerprint density at radius 2 is 2.04 bits per heavy atom. The summed E-state index contributed by atoms with van der Waals surface area (Å²) in [4.78, 5) is 45.2. The van der Waals surface area contributed by atoms with Crippen LogP contribution in [0.2, 0.25) is 0 Å². The van der Waals surface area contributed by atoms with Crippen LogP contribution in [0.3, 0.4) is 0 Å². The molecule has 0 atom stereocenters. The van der Waals surface area contributed by atoms with Gasteiger partial charge >= 0.3 is 0 Å². The smallest absolute Gasteiger partial charge is 0.259 e. The van der Waals surface area contributed by atoms with Crippen molar-refractivity contribution in [3.8, 4) is 0 Å². The molecule has 1 saturated carbocycles. The SMILES string of the molecule is NC(=O)C1(NC(=O)CCc2nc3sc4c(c3c(=O)[nH]2)CCCC4)CC1. The van der Waals surface area contributed by atoms with E-state index in [9.17, 15) is 14.4 Å². The molecular formula is C17H20N4O3S. The van der Waals surface area contributed by atoms with E-state index in [0.717, 1.165) is 41.5 Å². The van der Waals surface area contributed by atoms with Gasteiger partial charge in [-0.1, -0.05) is 0 Å². The van der Waals surface area contributed by atoms with Crippen molar-refractivity contribution >= 4 is 33.4 Å². The molecule has 0 unspecified atom stereocenters. The van der Waals surface area contributed by atoms with Gasteiger partial charge in [0.15, 0.2) is 0 Å². The number of hydrogen-bond acceptors (Lipinski definition) is 5. The summed E-state index contributed by atoms with van der Waals surface area (Å²) in [5.74, 6) is -0.224. The zero-order valence-corrected chi connectivity index (χ0v) is 14.6. The van der Waals surface area contributed by atoms with Crippen LogP contribution in [0.4, 0.5) is 0 Å². The van der Waals surface area contributed by atoms with Crippen LogP contribution in [0.1, 0.15) is 48.4 Å². The number of nitrogens with zero attached hydrogens (tertiary/aromatic N) is 1. The van der Waals surface area contributed by atoms with Crippen molar-refractivity contribution in [3.63, 3.8) is 0 Å². The fraction of sp³-hybridized carbons (Fsp3) is 0.529. The van der Waals surface area contributed by atoms with Crippen LogP contribution in [0.15, 0.2) is 4.79 Å². The molecule has 0 saturated heterocycles. The highest BCUT2D eigenvalue weighted by Crippen LogP contribution is 2.35. The molecule has 4 rings (SSSR count). The monoisotopic (exact) mass is 360 g/mol. The van der Waals surface area contributed by atoms with Crippen molar-refractivity contribution in [3.05, 3.63) is 26.6 Å². The number of nitrogens with one attached hydrogen (secondary N) is 2. The van der Waals surface area contributed by atoms with Gasteiger partial charge in [-0.3, -0.25) is 14.4 Å². The standard InChI is InChI=1S/C17H20N4O3S/c18-16(24)17(7-8-17)21-12(22)6-5-11-19-14(23)13-9-3-1-2-4-10(9)25-15(13)20-11/h1-8H2,(H2,18,24)(H,21,22)(H,19,20,23). The van der Waals surface area contributed by atoms with Crippen molar-refractivity contribution in [1.82, 2.24) is 15.3 Å². The Labute approximate surface area is 148 Å². The number of aryl methyl sites for hydroxylation is 3. The van der Waals surface area contributed by atoms with Crippen LogP contribution >= 0.6 is 11.3 Å². The zero-order valence-electron chi connectivity index (χ0n) is 13.8. The van der Waals surface area contributed by atoms with Crippen molar-refractivity contribution in [2.24, 2.45) is 5.73 Å². The normalized spacial score (nSPS) is 17.9. The molecule has 132 valence electrons. The van der Waals surface area contributed by atoms with Crippen LogP contribution in [0.5, 0.6) is 0 Å². The minimum atomic E-state index is -0.852. The van der Waals surface area contributed by atoms with Gasteiger partial charge in [0.25, 0.3) is 5.56 Å². The van der Waals surface area contributed by atoms with Gasteiger partial charge in [0.1, 0.15) is 16.2 Å². The van der Waals surface area contributed by atoms with E-state index in [1.165, 1.54) is 4.88 Å². The van der Waals surface area contributed by atoms with Gasteiger partial charge in [0.2, 0.25) is 11.8 Å². The summed E-state index contributed by atoms with van der Waals surface area (Å²) in [7, 11) is 0. The summed E-state index contributed by atoms with van der Waals surface area (Å²) in [6, 6.07) is 0. The van der Waals surface area contributed by atoms with E-state index in [4.69, 9.17) is 5.73 Å². The molecule has 0 spiro atoms. The number of carbonyl (C=O) groups is 2. The minimum absolute atomic E-state index is 0.115. The summed E-state index contributed by atoms with van der Waals surface area (Å²) >= 11 is 1.59. The molecule has 2 aliphatic rings. The second kappa shape index (κ2) is 5.94. The quantitative estimate of drug-likeness (QED) is 0.735. The molecule has 2 heterocycles. The predicted octanol–water partition coefficient (Wildman–Crippen LogP) is 0.930. The maximum Gasteiger partial charge on any atom is 0.259 e. The molecule has 0 aromatic carbocycles. The molecule has 2 aliphatic carbocycles. The Kier molecular flexibility index (Phi) is 3.87. The highest BCUT2D eigenvalue weighted by Gasteiger charge is 2.49. The van der Waals surface area contributed by atoms with Gasteiger partial charge < -0.3 is 16.0 Å². The van der Waals surface area contributed by atoms with Crippen LogP contribution in [-0.2, 0) is 28.9 Å². The maximum atomic E-state index is 12.5. The van der Waals surface area contributed by atoms with Crippen molar-refractivity contribution in [2.75, 3.05) is 0 Å². The Morgan fingerprint density at radius 1 is 1.28 bits per heavy atom. The van der Waals surface area contributed by atoms with E-state index in [-0.39, 0.29) is 17.9 Å². The summed E-state index contributed by atoms with van der Waals surface area (Å²) < 4.78 is 0. The summed E-state index contributed by atoms with van der Waals surface area (Å²) in [5.41, 5.74) is 5.49. The molecule has 0 bridgehead atoms. The molecule has 2 amide bonds. The number of amides is 2. The summed E-state index contributed by atoms with van der Waals surface area (Å²) in [5, 5.41) is 3.42. The van der Waals surface area contributed by atoms with Crippen molar-refractivity contribution in [2.45, 2.75) is 56.9 Å². The number of carbonyl (C=O) groups excluding carboxylic acids is 2. The van der Waals surface area contributed by atoms with Gasteiger partial charge in [-0.05, 0) is 44.1 Å². The number of aromatic amines is 1. The Balaban J connectivity index is 1.50. The molecule has 2 aromatic rings. The Hall–Kier alpha value is -2.22. The predicted molar refractivity (Wildman–Crippen MR) is 94.5 cm³/mol. The van der Waals surface area contributed by atoms with E-state index >= 15 is 0 Å². The second-order valence-corrected chi connectivity index (χ2v) is 7.98. The molecule has 25 heavy (non-hydrogen) atoms. The number of primary amides is 1. The van der Waals surface area contributed by atoms with E-state index in [1.807, 2.05) is 0 Å². The molecule has 7 nitrogen and oxygen atoms in total. The lowest BCUT2D eigenvalue weighted by atomic mass is 9.97. The van der Waals surface area contributed by atoms with E-state index in [2.05, 4.69) is 15.3 Å². The number of H-pyrrole nitrogens is 1. The number of rotatable bonds is 5. The highest BCUT2D eigenvalue weighted by molar-refractivity contribution is 7.18. The Morgan fingerprint density at radius 3 is 2.76 bits per heavy atom. The molecule has 0 radical (unpaired) electrons. The first-order valence-electron chi connectivity index (χ1n) is 8.63. The molecule has 2 aromatic heterocycles. The third-order valence-corrected chi connectivity index (χ3v) is 6.25. The number of aromatic nitrogens is 2. The van der Waals surface area contributed by atoms with Crippen LogP contribution in [-0.4, -0.2) is 27.3 Å². The molecule has 4 N–H and O–H groups in total. The molecule has 1 fully saturated rings. The van der Waals surface area contributed by atoms with E-state index in [1.54, 1.807) is 11.3 Å². The number of fused-ring (bicyclic) bond motifs is 3. The second-order valence-electron chi connectivity index (χ2n) is 6.90. The number of nitrogens with two attached hydrogens (primary N) is 1. The first kappa shape index (κ1) is 16.3. The van der Waals surface area contributed by atoms with E-state index in [0.29, 0.717) is 25.1 Å². The highest BCUT2D eigenvalue weighted by atomic mass is 32.1. The maximum absolute atomic E-state index is 12.5. The third kappa shape index (κ3) is 2.95. The fourth-order valence-electron chi connectivity index (χ4n) is 3.45.